The molecule has 0 N–H and O–H groups in total. The van der Waals surface area contributed by atoms with Crippen molar-refractivity contribution in [1.29, 1.82) is 0 Å². The lowest BCUT2D eigenvalue weighted by atomic mass is 10.1. The van der Waals surface area contributed by atoms with Crippen LogP contribution < -0.4 is 10.3 Å². The van der Waals surface area contributed by atoms with Crippen LogP contribution in [0.4, 0.5) is 0 Å². The molecule has 5 nitrogen and oxygen atoms in total. The summed E-state index contributed by atoms with van der Waals surface area (Å²) in [5.41, 5.74) is 0.989. The summed E-state index contributed by atoms with van der Waals surface area (Å²) in [4.78, 5) is 30.5. The molecule has 2 aromatic carbocycles. The second-order valence-corrected chi connectivity index (χ2v) is 8.65. The first kappa shape index (κ1) is 21.4. The van der Waals surface area contributed by atoms with Crippen molar-refractivity contribution in [2.45, 2.75) is 44.1 Å². The number of carbonyl (C=O) groups is 1. The summed E-state index contributed by atoms with van der Waals surface area (Å²) in [6.07, 6.45) is 0. The van der Waals surface area contributed by atoms with Gasteiger partial charge in [-0.25, -0.2) is 4.98 Å². The Balaban J connectivity index is 1.94. The van der Waals surface area contributed by atoms with Crippen LogP contribution in [0.15, 0.2) is 52.4 Å². The summed E-state index contributed by atoms with van der Waals surface area (Å²) in [6, 6.07) is 12.0. The van der Waals surface area contributed by atoms with Crippen molar-refractivity contribution in [3.8, 4) is 5.75 Å². The van der Waals surface area contributed by atoms with Gasteiger partial charge in [0, 0.05) is 16.6 Å². The Kier molecular flexibility index (Phi) is 6.65. The van der Waals surface area contributed by atoms with Crippen LogP contribution in [0.25, 0.3) is 10.9 Å². The van der Waals surface area contributed by atoms with Crippen molar-refractivity contribution in [3.63, 3.8) is 0 Å². The SMILES string of the molecule is CCOc1ccc(C(=O)[C@@H](C)Sc2nc3cc(Cl)ccc3c(=O)n2C(C)C)cc1. The zero-order valence-electron chi connectivity index (χ0n) is 16.8. The van der Waals surface area contributed by atoms with Gasteiger partial charge in [0.15, 0.2) is 10.9 Å². The smallest absolute Gasteiger partial charge is 0.262 e. The van der Waals surface area contributed by atoms with Crippen LogP contribution in [0, 0.1) is 0 Å². The van der Waals surface area contributed by atoms with E-state index in [4.69, 9.17) is 16.3 Å². The van der Waals surface area contributed by atoms with E-state index >= 15 is 0 Å². The van der Waals surface area contributed by atoms with E-state index < -0.39 is 5.25 Å². The van der Waals surface area contributed by atoms with E-state index in [2.05, 4.69) is 4.98 Å². The Morgan fingerprint density at radius 2 is 1.86 bits per heavy atom. The molecule has 0 saturated carbocycles. The van der Waals surface area contributed by atoms with Crippen molar-refractivity contribution in [1.82, 2.24) is 9.55 Å². The first-order chi connectivity index (χ1) is 13.8. The molecular formula is C22H23ClN2O3S. The van der Waals surface area contributed by atoms with Crippen LogP contribution in [-0.2, 0) is 0 Å². The lowest BCUT2D eigenvalue weighted by molar-refractivity contribution is 0.0993. The maximum absolute atomic E-state index is 13.0. The van der Waals surface area contributed by atoms with E-state index in [1.54, 1.807) is 47.0 Å². The highest BCUT2D eigenvalue weighted by Gasteiger charge is 2.22. The molecule has 1 atom stereocenters. The third-order valence-corrected chi connectivity index (χ3v) is 5.75. The van der Waals surface area contributed by atoms with Crippen LogP contribution in [-0.4, -0.2) is 27.2 Å². The predicted octanol–water partition coefficient (Wildman–Crippen LogP) is 5.39. The van der Waals surface area contributed by atoms with Gasteiger partial charge in [-0.3, -0.25) is 14.2 Å². The van der Waals surface area contributed by atoms with Crippen molar-refractivity contribution < 1.29 is 9.53 Å². The molecule has 0 saturated heterocycles. The molecule has 29 heavy (non-hydrogen) atoms. The summed E-state index contributed by atoms with van der Waals surface area (Å²) >= 11 is 7.36. The highest BCUT2D eigenvalue weighted by molar-refractivity contribution is 8.00. The van der Waals surface area contributed by atoms with Crippen molar-refractivity contribution >= 4 is 40.0 Å². The number of ether oxygens (including phenoxy) is 1. The standard InChI is InChI=1S/C22H23ClN2O3S/c1-5-28-17-9-6-15(7-10-17)20(26)14(4)29-22-24-19-12-16(23)8-11-18(19)21(27)25(22)13(2)3/h6-14H,5H2,1-4H3/t14-/m1/s1. The molecular weight excluding hydrogens is 408 g/mol. The zero-order valence-corrected chi connectivity index (χ0v) is 18.4. The molecule has 3 aromatic rings. The molecule has 1 heterocycles. The summed E-state index contributed by atoms with van der Waals surface area (Å²) in [5, 5.41) is 1.12. The topological polar surface area (TPSA) is 61.2 Å². The minimum atomic E-state index is -0.415. The fourth-order valence-corrected chi connectivity index (χ4v) is 4.30. The van der Waals surface area contributed by atoms with Crippen molar-refractivity contribution in [3.05, 3.63) is 63.4 Å². The first-order valence-corrected chi connectivity index (χ1v) is 10.7. The molecule has 0 aliphatic rings. The van der Waals surface area contributed by atoms with E-state index in [0.29, 0.717) is 33.3 Å². The van der Waals surface area contributed by atoms with Gasteiger partial charge in [0.25, 0.3) is 5.56 Å². The molecule has 0 aliphatic carbocycles. The molecule has 3 rings (SSSR count). The van der Waals surface area contributed by atoms with Gasteiger partial charge >= 0.3 is 0 Å². The van der Waals surface area contributed by atoms with E-state index in [1.807, 2.05) is 27.7 Å². The monoisotopic (exact) mass is 430 g/mol. The van der Waals surface area contributed by atoms with Gasteiger partial charge in [0.2, 0.25) is 0 Å². The largest absolute Gasteiger partial charge is 0.494 e. The average Bonchev–Trinajstić information content (AvgIpc) is 2.67. The maximum Gasteiger partial charge on any atom is 0.262 e. The second-order valence-electron chi connectivity index (χ2n) is 6.91. The maximum atomic E-state index is 13.0. The summed E-state index contributed by atoms with van der Waals surface area (Å²) < 4.78 is 7.05. The quantitative estimate of drug-likeness (QED) is 0.285. The minimum Gasteiger partial charge on any atom is -0.494 e. The molecule has 1 aromatic heterocycles. The van der Waals surface area contributed by atoms with E-state index in [9.17, 15) is 9.59 Å². The number of halogens is 1. The van der Waals surface area contributed by atoms with E-state index in [-0.39, 0.29) is 17.4 Å². The van der Waals surface area contributed by atoms with Gasteiger partial charge in [0.1, 0.15) is 5.75 Å². The molecule has 0 aliphatic heterocycles. The van der Waals surface area contributed by atoms with Crippen LogP contribution in [0.2, 0.25) is 5.02 Å². The lowest BCUT2D eigenvalue weighted by Crippen LogP contribution is -2.26. The fourth-order valence-electron chi connectivity index (χ4n) is 3.02. The Bertz CT molecular complexity index is 1090. The van der Waals surface area contributed by atoms with Gasteiger partial charge in [0.05, 0.1) is 22.8 Å². The third-order valence-electron chi connectivity index (χ3n) is 4.45. The van der Waals surface area contributed by atoms with Gasteiger partial charge in [-0.05, 0) is 70.2 Å². The van der Waals surface area contributed by atoms with Crippen LogP contribution in [0.3, 0.4) is 0 Å². The summed E-state index contributed by atoms with van der Waals surface area (Å²) in [5.74, 6) is 0.694. The Morgan fingerprint density at radius 1 is 1.17 bits per heavy atom. The average molecular weight is 431 g/mol. The van der Waals surface area contributed by atoms with Gasteiger partial charge in [-0.2, -0.15) is 0 Å². The predicted molar refractivity (Wildman–Crippen MR) is 119 cm³/mol. The molecule has 0 bridgehead atoms. The number of nitrogens with zero attached hydrogens (tertiary/aromatic N) is 2. The minimum absolute atomic E-state index is 0.0335. The Labute approximate surface area is 179 Å². The number of Topliss-reactive ketones (excluding diaryl/α,β-unsaturated/α-hetero) is 1. The second kappa shape index (κ2) is 9.01. The number of hydrogen-bond acceptors (Lipinski definition) is 5. The number of rotatable bonds is 7. The Hall–Kier alpha value is -2.31. The molecule has 7 heteroatoms. The van der Waals surface area contributed by atoms with Crippen molar-refractivity contribution in [2.24, 2.45) is 0 Å². The molecule has 0 spiro atoms. The number of fused-ring (bicyclic) bond motifs is 1. The number of thioether (sulfide) groups is 1. The summed E-state index contributed by atoms with van der Waals surface area (Å²) in [7, 11) is 0. The third kappa shape index (κ3) is 4.65. The van der Waals surface area contributed by atoms with E-state index in [1.165, 1.54) is 11.8 Å². The number of benzene rings is 2. The van der Waals surface area contributed by atoms with Gasteiger partial charge in [-0.1, -0.05) is 23.4 Å². The molecule has 0 fully saturated rings. The Morgan fingerprint density at radius 3 is 2.48 bits per heavy atom. The fraction of sp³-hybridized carbons (Fsp3) is 0.318. The van der Waals surface area contributed by atoms with Crippen LogP contribution in [0.5, 0.6) is 5.75 Å². The molecule has 0 radical (unpaired) electrons. The zero-order chi connectivity index (χ0) is 21.1. The number of hydrogen-bond donors (Lipinski definition) is 0. The first-order valence-electron chi connectivity index (χ1n) is 9.47. The number of aromatic nitrogens is 2. The highest BCUT2D eigenvalue weighted by atomic mass is 35.5. The molecule has 152 valence electrons. The molecule has 0 amide bonds. The van der Waals surface area contributed by atoms with Crippen molar-refractivity contribution in [2.75, 3.05) is 6.61 Å². The normalized spacial score (nSPS) is 12.3. The van der Waals surface area contributed by atoms with Crippen LogP contribution >= 0.6 is 23.4 Å². The van der Waals surface area contributed by atoms with Crippen LogP contribution in [0.1, 0.15) is 44.1 Å². The number of carbonyl (C=O) groups excluding carboxylic acids is 1. The van der Waals surface area contributed by atoms with E-state index in [0.717, 1.165) is 5.75 Å². The molecule has 0 unspecified atom stereocenters. The van der Waals surface area contributed by atoms with Gasteiger partial charge in [-0.15, -0.1) is 0 Å². The highest BCUT2D eigenvalue weighted by Crippen LogP contribution is 2.28. The summed E-state index contributed by atoms with van der Waals surface area (Å²) in [6.45, 7) is 8.16. The van der Waals surface area contributed by atoms with Gasteiger partial charge < -0.3 is 4.74 Å². The number of ketones is 1. The lowest BCUT2D eigenvalue weighted by Gasteiger charge is -2.18.